The van der Waals surface area contributed by atoms with Crippen molar-refractivity contribution in [1.29, 1.82) is 0 Å². The Morgan fingerprint density at radius 1 is 1.32 bits per heavy atom. The van der Waals surface area contributed by atoms with E-state index in [0.717, 1.165) is 0 Å². The highest BCUT2D eigenvalue weighted by atomic mass is 35.5. The predicted molar refractivity (Wildman–Crippen MR) is 74.8 cm³/mol. The van der Waals surface area contributed by atoms with Crippen LogP contribution >= 0.6 is 11.6 Å². The predicted octanol–water partition coefficient (Wildman–Crippen LogP) is 1.64. The fourth-order valence-corrected chi connectivity index (χ4v) is 4.08. The molecule has 2 N–H and O–H groups in total. The second-order valence-electron chi connectivity index (χ2n) is 4.49. The van der Waals surface area contributed by atoms with E-state index in [4.69, 9.17) is 22.1 Å². The number of hydrogen-bond acceptors (Lipinski definition) is 4. The molecule has 1 saturated heterocycles. The molecule has 2 rings (SSSR count). The van der Waals surface area contributed by atoms with E-state index in [-0.39, 0.29) is 4.90 Å². The van der Waals surface area contributed by atoms with Gasteiger partial charge >= 0.3 is 0 Å². The molecule has 7 heteroatoms. The van der Waals surface area contributed by atoms with Crippen LogP contribution in [-0.2, 0) is 14.8 Å². The molecule has 5 nitrogen and oxygen atoms in total. The van der Waals surface area contributed by atoms with Crippen LogP contribution in [0.15, 0.2) is 17.0 Å². The lowest BCUT2D eigenvalue weighted by molar-refractivity contribution is 0.148. The molecule has 1 aliphatic rings. The van der Waals surface area contributed by atoms with Gasteiger partial charge in [-0.05, 0) is 31.0 Å². The largest absolute Gasteiger partial charge is 0.398 e. The summed E-state index contributed by atoms with van der Waals surface area (Å²) in [6.45, 7) is 3.49. The second-order valence-corrected chi connectivity index (χ2v) is 6.83. The molecule has 106 valence electrons. The molecule has 0 atom stereocenters. The number of hydrogen-bond donors (Lipinski definition) is 1. The van der Waals surface area contributed by atoms with Gasteiger partial charge in [-0.25, -0.2) is 8.42 Å². The van der Waals surface area contributed by atoms with Gasteiger partial charge < -0.3 is 10.5 Å². The fraction of sp³-hybridized carbons (Fsp3) is 0.500. The molecule has 1 heterocycles. The Balaban J connectivity index is 2.44. The summed E-state index contributed by atoms with van der Waals surface area (Å²) in [5, 5.41) is 0.327. The average Bonchev–Trinajstić information content (AvgIpc) is 2.62. The third-order valence-corrected chi connectivity index (χ3v) is 5.41. The second kappa shape index (κ2) is 5.66. The lowest BCUT2D eigenvalue weighted by Crippen LogP contribution is -2.33. The molecule has 0 saturated carbocycles. The number of benzene rings is 1. The van der Waals surface area contributed by atoms with E-state index in [1.807, 2.05) is 0 Å². The van der Waals surface area contributed by atoms with Crippen molar-refractivity contribution >= 4 is 27.3 Å². The lowest BCUT2D eigenvalue weighted by atomic mass is 10.2. The number of nitrogens with zero attached hydrogens (tertiary/aromatic N) is 1. The van der Waals surface area contributed by atoms with Crippen LogP contribution in [0.5, 0.6) is 0 Å². The smallest absolute Gasteiger partial charge is 0.243 e. The van der Waals surface area contributed by atoms with Crippen molar-refractivity contribution in [3.8, 4) is 0 Å². The molecular formula is C12H17ClN2O3S. The molecule has 1 aromatic carbocycles. The molecule has 0 aromatic heterocycles. The van der Waals surface area contributed by atoms with Gasteiger partial charge in [0, 0.05) is 30.4 Å². The molecule has 0 unspecified atom stereocenters. The highest BCUT2D eigenvalue weighted by molar-refractivity contribution is 7.89. The van der Waals surface area contributed by atoms with Crippen molar-refractivity contribution < 1.29 is 13.2 Å². The van der Waals surface area contributed by atoms with Crippen LogP contribution in [0.4, 0.5) is 5.69 Å². The normalized spacial score (nSPS) is 18.2. The van der Waals surface area contributed by atoms with Gasteiger partial charge in [0.15, 0.2) is 0 Å². The lowest BCUT2D eigenvalue weighted by Gasteiger charge is -2.21. The molecule has 0 bridgehead atoms. The number of halogens is 1. The van der Waals surface area contributed by atoms with Crippen LogP contribution in [0, 0.1) is 6.92 Å². The quantitative estimate of drug-likeness (QED) is 0.843. The first-order chi connectivity index (χ1) is 8.93. The van der Waals surface area contributed by atoms with E-state index in [2.05, 4.69) is 0 Å². The summed E-state index contributed by atoms with van der Waals surface area (Å²) < 4.78 is 31.9. The Kier molecular flexibility index (Phi) is 4.35. The number of rotatable bonds is 2. The topological polar surface area (TPSA) is 72.6 Å². The van der Waals surface area contributed by atoms with Crippen molar-refractivity contribution in [1.82, 2.24) is 4.31 Å². The first-order valence-electron chi connectivity index (χ1n) is 6.06. The number of sulfonamides is 1. The van der Waals surface area contributed by atoms with Gasteiger partial charge in [0.25, 0.3) is 0 Å². The standard InChI is InChI=1S/C12H17ClN2O3S/c1-9-11(14)7-10(13)8-12(9)19(16,17)15-3-2-5-18-6-4-15/h7-8H,2-6,14H2,1H3. The maximum absolute atomic E-state index is 12.6. The van der Waals surface area contributed by atoms with Crippen LogP contribution in [0.1, 0.15) is 12.0 Å². The van der Waals surface area contributed by atoms with E-state index < -0.39 is 10.0 Å². The number of nitrogens with two attached hydrogens (primary N) is 1. The van der Waals surface area contributed by atoms with E-state index >= 15 is 0 Å². The summed E-state index contributed by atoms with van der Waals surface area (Å²) in [6.07, 6.45) is 0.689. The maximum atomic E-state index is 12.6. The minimum atomic E-state index is -3.57. The zero-order chi connectivity index (χ0) is 14.0. The molecule has 19 heavy (non-hydrogen) atoms. The van der Waals surface area contributed by atoms with Crippen molar-refractivity contribution in [3.63, 3.8) is 0 Å². The minimum absolute atomic E-state index is 0.180. The molecule has 0 spiro atoms. The van der Waals surface area contributed by atoms with E-state index in [1.165, 1.54) is 10.4 Å². The van der Waals surface area contributed by atoms with Crippen LogP contribution < -0.4 is 5.73 Å². The Labute approximate surface area is 118 Å². The summed E-state index contributed by atoms with van der Waals surface area (Å²) >= 11 is 5.91. The Hall–Kier alpha value is -0.820. The summed E-state index contributed by atoms with van der Waals surface area (Å²) in [6, 6.07) is 3.01. The molecule has 0 radical (unpaired) electrons. The molecule has 1 aliphatic heterocycles. The van der Waals surface area contributed by atoms with Crippen LogP contribution in [0.3, 0.4) is 0 Å². The van der Waals surface area contributed by atoms with Crippen molar-refractivity contribution in [2.24, 2.45) is 0 Å². The first kappa shape index (κ1) is 14.6. The number of nitrogen functional groups attached to an aromatic ring is 1. The Morgan fingerprint density at radius 3 is 2.79 bits per heavy atom. The van der Waals surface area contributed by atoms with Gasteiger partial charge in [0.05, 0.1) is 11.5 Å². The van der Waals surface area contributed by atoms with Crippen LogP contribution in [0.2, 0.25) is 5.02 Å². The molecule has 0 aliphatic carbocycles. The van der Waals surface area contributed by atoms with Gasteiger partial charge in [-0.2, -0.15) is 4.31 Å². The third-order valence-electron chi connectivity index (χ3n) is 3.16. The van der Waals surface area contributed by atoms with Crippen LogP contribution in [0.25, 0.3) is 0 Å². The summed E-state index contributed by atoms with van der Waals surface area (Å²) in [7, 11) is -3.57. The highest BCUT2D eigenvalue weighted by Crippen LogP contribution is 2.28. The van der Waals surface area contributed by atoms with E-state index in [0.29, 0.717) is 49.0 Å². The average molecular weight is 305 g/mol. The fourth-order valence-electron chi connectivity index (χ4n) is 2.04. The maximum Gasteiger partial charge on any atom is 0.243 e. The van der Waals surface area contributed by atoms with Crippen molar-refractivity contribution in [3.05, 3.63) is 22.7 Å². The zero-order valence-corrected chi connectivity index (χ0v) is 12.3. The summed E-state index contributed by atoms with van der Waals surface area (Å²) in [5.41, 5.74) is 6.71. The Bertz CT molecular complexity index is 567. The minimum Gasteiger partial charge on any atom is -0.398 e. The van der Waals surface area contributed by atoms with Crippen molar-refractivity contribution in [2.45, 2.75) is 18.2 Å². The monoisotopic (exact) mass is 304 g/mol. The van der Waals surface area contributed by atoms with E-state index in [9.17, 15) is 8.42 Å². The first-order valence-corrected chi connectivity index (χ1v) is 7.88. The number of ether oxygens (including phenoxy) is 1. The molecule has 1 fully saturated rings. The van der Waals surface area contributed by atoms with Crippen molar-refractivity contribution in [2.75, 3.05) is 32.0 Å². The third kappa shape index (κ3) is 3.02. The molecular weight excluding hydrogens is 288 g/mol. The highest BCUT2D eigenvalue weighted by Gasteiger charge is 2.27. The van der Waals surface area contributed by atoms with Crippen LogP contribution in [-0.4, -0.2) is 39.0 Å². The van der Waals surface area contributed by atoms with Gasteiger partial charge in [-0.15, -0.1) is 0 Å². The van der Waals surface area contributed by atoms with Gasteiger partial charge in [0.2, 0.25) is 10.0 Å². The Morgan fingerprint density at radius 2 is 2.05 bits per heavy atom. The van der Waals surface area contributed by atoms with Gasteiger partial charge in [0.1, 0.15) is 0 Å². The summed E-state index contributed by atoms with van der Waals surface area (Å²) in [5.74, 6) is 0. The zero-order valence-electron chi connectivity index (χ0n) is 10.7. The summed E-state index contributed by atoms with van der Waals surface area (Å²) in [4.78, 5) is 0.180. The SMILES string of the molecule is Cc1c(N)cc(Cl)cc1S(=O)(=O)N1CCCOCC1. The number of anilines is 1. The molecule has 0 amide bonds. The van der Waals surface area contributed by atoms with Gasteiger partial charge in [-0.1, -0.05) is 11.6 Å². The van der Waals surface area contributed by atoms with E-state index in [1.54, 1.807) is 13.0 Å². The molecule has 1 aromatic rings. The van der Waals surface area contributed by atoms with Gasteiger partial charge in [-0.3, -0.25) is 0 Å².